The number of aryl methyl sites for hydroxylation is 7. The third-order valence-corrected chi connectivity index (χ3v) is 22.9. The zero-order valence-corrected chi connectivity index (χ0v) is 80.6. The summed E-state index contributed by atoms with van der Waals surface area (Å²) in [4.78, 5) is 54.2. The van der Waals surface area contributed by atoms with Crippen LogP contribution in [0.5, 0.6) is 34.5 Å². The molecule has 654 valence electrons. The van der Waals surface area contributed by atoms with Crippen LogP contribution < -0.4 is 14.2 Å². The van der Waals surface area contributed by atoms with Crippen molar-refractivity contribution in [2.24, 2.45) is 23.7 Å². The van der Waals surface area contributed by atoms with Crippen LogP contribution >= 0.6 is 0 Å². The van der Waals surface area contributed by atoms with E-state index in [2.05, 4.69) is 284 Å². The van der Waals surface area contributed by atoms with Gasteiger partial charge in [0.2, 0.25) is 0 Å². The molecular formula is C108H156O11. The number of rotatable bonds is 29. The number of esters is 4. The Balaban J connectivity index is 0.000000861. The van der Waals surface area contributed by atoms with E-state index in [0.717, 1.165) is 113 Å². The summed E-state index contributed by atoms with van der Waals surface area (Å²) in [6.45, 7) is 75.8. The third kappa shape index (κ3) is 28.2. The van der Waals surface area contributed by atoms with E-state index in [1.54, 1.807) is 0 Å². The highest BCUT2D eigenvalue weighted by atomic mass is 16.5. The Labute approximate surface area is 720 Å². The summed E-state index contributed by atoms with van der Waals surface area (Å²) in [5.41, 5.74) is 21.3. The van der Waals surface area contributed by atoms with E-state index in [0.29, 0.717) is 104 Å². The molecular weight excluding hydrogens is 1470 g/mol. The summed E-state index contributed by atoms with van der Waals surface area (Å²) in [5, 5.41) is 33.5. The molecule has 0 aromatic heterocycles. The van der Waals surface area contributed by atoms with Crippen LogP contribution in [0.15, 0.2) is 84.9 Å². The lowest BCUT2D eigenvalue weighted by Gasteiger charge is -2.30. The summed E-state index contributed by atoms with van der Waals surface area (Å²) in [5.74, 6) is 3.04. The van der Waals surface area contributed by atoms with E-state index in [1.807, 2.05) is 43.3 Å². The van der Waals surface area contributed by atoms with Crippen LogP contribution in [0, 0.1) is 51.4 Å². The van der Waals surface area contributed by atoms with Crippen molar-refractivity contribution in [2.75, 3.05) is 6.61 Å². The van der Waals surface area contributed by atoms with Gasteiger partial charge in [-0.3, -0.25) is 19.2 Å². The van der Waals surface area contributed by atoms with Crippen LogP contribution in [0.3, 0.4) is 0 Å². The monoisotopic (exact) mass is 1630 g/mol. The molecule has 0 fully saturated rings. The van der Waals surface area contributed by atoms with Gasteiger partial charge in [0.25, 0.3) is 0 Å². The van der Waals surface area contributed by atoms with E-state index >= 15 is 0 Å². The fraction of sp³-hybridized carbons (Fsp3) is 0.574. The number of carbonyl (C=O) groups excluding carboxylic acids is 4. The number of phenols is 3. The maximum Gasteiger partial charge on any atom is 0.311 e. The maximum absolute atomic E-state index is 14.3. The first-order chi connectivity index (χ1) is 54.6. The van der Waals surface area contributed by atoms with E-state index in [9.17, 15) is 34.5 Å². The Kier molecular flexibility index (Phi) is 33.7. The Morgan fingerprint density at radius 3 is 0.882 bits per heavy atom. The largest absolute Gasteiger partial charge is 0.507 e. The molecule has 119 heavy (non-hydrogen) atoms. The summed E-state index contributed by atoms with van der Waals surface area (Å²) < 4.78 is 24.4. The van der Waals surface area contributed by atoms with Crippen molar-refractivity contribution in [2.45, 2.75) is 376 Å². The van der Waals surface area contributed by atoms with Gasteiger partial charge in [-0.2, -0.15) is 0 Å². The number of hydrogen-bond donors (Lipinski definition) is 3. The van der Waals surface area contributed by atoms with Gasteiger partial charge in [-0.1, -0.05) is 274 Å². The quantitative estimate of drug-likeness (QED) is 0.0302. The molecule has 0 amide bonds. The number of hydrogen-bond acceptors (Lipinski definition) is 11. The third-order valence-electron chi connectivity index (χ3n) is 22.9. The first kappa shape index (κ1) is 99.6. The lowest BCUT2D eigenvalue weighted by molar-refractivity contribution is -0.143. The van der Waals surface area contributed by atoms with Crippen LogP contribution in [0.4, 0.5) is 0 Å². The molecule has 1 unspecified atom stereocenters. The molecule has 7 aromatic rings. The first-order valence-electron chi connectivity index (χ1n) is 44.5. The van der Waals surface area contributed by atoms with Crippen LogP contribution in [-0.4, -0.2) is 45.8 Å². The molecule has 11 heteroatoms. The summed E-state index contributed by atoms with van der Waals surface area (Å²) in [7, 11) is 0. The van der Waals surface area contributed by atoms with Crippen LogP contribution in [-0.2, 0) is 113 Å². The average Bonchev–Trinajstić information content (AvgIpc) is 0.781. The molecule has 0 spiro atoms. The van der Waals surface area contributed by atoms with Gasteiger partial charge in [0.1, 0.15) is 34.5 Å². The Morgan fingerprint density at radius 2 is 0.580 bits per heavy atom. The predicted octanol–water partition coefficient (Wildman–Crippen LogP) is 27.0. The topological polar surface area (TPSA) is 166 Å². The van der Waals surface area contributed by atoms with Gasteiger partial charge < -0.3 is 34.3 Å². The highest BCUT2D eigenvalue weighted by Crippen LogP contribution is 2.48. The number of aromatic hydroxyl groups is 3. The average molecular weight is 1630 g/mol. The molecule has 7 aromatic carbocycles. The number of phenolic OH excluding ortho intramolecular Hbond substituents is 3. The van der Waals surface area contributed by atoms with E-state index in [1.165, 1.54) is 22.3 Å². The molecule has 7 rings (SSSR count). The maximum atomic E-state index is 14.3. The lowest BCUT2D eigenvalue weighted by Crippen LogP contribution is -2.21. The minimum absolute atomic E-state index is 0.00249. The second kappa shape index (κ2) is 40.2. The molecule has 1 atom stereocenters. The lowest BCUT2D eigenvalue weighted by atomic mass is 9.75. The molecule has 0 saturated heterocycles. The van der Waals surface area contributed by atoms with Crippen molar-refractivity contribution in [1.29, 1.82) is 0 Å². The smallest absolute Gasteiger partial charge is 0.311 e. The Morgan fingerprint density at radius 1 is 0.311 bits per heavy atom. The molecule has 0 radical (unpaired) electrons. The van der Waals surface area contributed by atoms with Gasteiger partial charge in [0.05, 0.1) is 6.61 Å². The predicted molar refractivity (Wildman–Crippen MR) is 496 cm³/mol. The molecule has 11 nitrogen and oxygen atoms in total. The van der Waals surface area contributed by atoms with Crippen molar-refractivity contribution >= 4 is 23.9 Å². The summed E-state index contributed by atoms with van der Waals surface area (Å²) in [6.07, 6.45) is 6.90. The fourth-order valence-electron chi connectivity index (χ4n) is 16.8. The fourth-order valence-corrected chi connectivity index (χ4v) is 16.8. The molecule has 0 saturated carbocycles. The van der Waals surface area contributed by atoms with Crippen molar-refractivity contribution in [3.05, 3.63) is 207 Å². The van der Waals surface area contributed by atoms with Crippen molar-refractivity contribution in [3.8, 4) is 34.5 Å². The van der Waals surface area contributed by atoms with Gasteiger partial charge >= 0.3 is 23.9 Å². The highest BCUT2D eigenvalue weighted by Gasteiger charge is 2.34. The van der Waals surface area contributed by atoms with Crippen LogP contribution in [0.2, 0.25) is 0 Å². The SMILES string of the molecule is CCOC(=O)CCc1cc(CC(C)C)c(O)c(CC(C)C)c1.Cc1cc(OC(=O)CCc2cc(C(C)(C)C)c(C)c(C(C)(C)C)c2)c(C(C)(C)C)cc1C(C)CC(c1cc(CC(C)C)c(OC(=O)CCc2cc(C(C)(C)C)c(O)c(C(C)(C)C)c2)cc1C)c1cc(CC(C)C)c(OC(=O)CCc2cc(C(C)(C)C)c(O)c(C(C)(C)C)c2)cc1C. The Bertz CT molecular complexity index is 4390. The van der Waals surface area contributed by atoms with Crippen LogP contribution in [0.1, 0.15) is 381 Å². The number of benzene rings is 7. The normalized spacial score (nSPS) is 12.9. The first-order valence-corrected chi connectivity index (χ1v) is 44.5. The molecule has 0 aliphatic heterocycles. The minimum atomic E-state index is -0.369. The molecule has 0 aliphatic rings. The van der Waals surface area contributed by atoms with Gasteiger partial charge in [-0.05, 0) is 295 Å². The van der Waals surface area contributed by atoms with Gasteiger partial charge in [0.15, 0.2) is 0 Å². The number of ether oxygens (including phenoxy) is 4. The van der Waals surface area contributed by atoms with Gasteiger partial charge in [-0.15, -0.1) is 0 Å². The minimum Gasteiger partial charge on any atom is -0.507 e. The van der Waals surface area contributed by atoms with Crippen LogP contribution in [0.25, 0.3) is 0 Å². The van der Waals surface area contributed by atoms with Crippen molar-refractivity contribution < 1.29 is 53.4 Å². The Hall–Kier alpha value is -8.18. The second-order valence-corrected chi connectivity index (χ2v) is 43.6. The summed E-state index contributed by atoms with van der Waals surface area (Å²) >= 11 is 0. The van der Waals surface area contributed by atoms with E-state index < -0.39 is 0 Å². The van der Waals surface area contributed by atoms with E-state index in [4.69, 9.17) is 18.9 Å². The molecule has 0 aliphatic carbocycles. The summed E-state index contributed by atoms with van der Waals surface area (Å²) in [6, 6.07) is 29.9. The molecule has 0 heterocycles. The number of carbonyl (C=O) groups is 4. The standard InChI is InChI=1S/C89H126O8.C19H30O3/c1-52(2)37-62-49-65(56(7)40-75(62)95-78(90)34-32-60-45-71(86(19,20)21)81(93)72(46-60)87(22,23)24)67(66-50-63(38-53(3)4)76(41-57(66)8)96-79(91)35-33-61-47-73(88(25,26)27)82(94)74(48-61)89(28,29)30)39-54(5)64-51-70(85(16,17)18)77(42-55(64)6)97-80(92)36-31-59-43-68(83(10,11)12)58(9)69(44-59)84(13,14)15;1-6-22-18(20)8-7-15-11-16(9-13(2)3)19(21)17(12-15)10-14(4)5/h40-54,67,93-94H,31-39H2,1-30H3;11-14,21H,6-10H2,1-5H3. The van der Waals surface area contributed by atoms with E-state index in [-0.39, 0.29) is 105 Å². The molecule has 3 N–H and O–H groups in total. The van der Waals surface area contributed by atoms with Gasteiger partial charge in [-0.25, -0.2) is 0 Å². The van der Waals surface area contributed by atoms with Crippen molar-refractivity contribution in [1.82, 2.24) is 0 Å². The zero-order chi connectivity index (χ0) is 90.1. The highest BCUT2D eigenvalue weighted by molar-refractivity contribution is 5.76. The van der Waals surface area contributed by atoms with Crippen molar-refractivity contribution in [3.63, 3.8) is 0 Å². The second-order valence-electron chi connectivity index (χ2n) is 43.6. The zero-order valence-electron chi connectivity index (χ0n) is 80.6. The van der Waals surface area contributed by atoms with Gasteiger partial charge in [0, 0.05) is 37.2 Å². The molecule has 0 bridgehead atoms.